The molecule has 2 atom stereocenters. The van der Waals surface area contributed by atoms with Crippen LogP contribution in [0, 0.1) is 5.92 Å². The van der Waals surface area contributed by atoms with Gasteiger partial charge >= 0.3 is 0 Å². The van der Waals surface area contributed by atoms with E-state index in [1.165, 1.54) is 32.1 Å². The van der Waals surface area contributed by atoms with Crippen LogP contribution in [0.5, 0.6) is 5.88 Å². The maximum Gasteiger partial charge on any atom is 0.213 e. The second-order valence-corrected chi connectivity index (χ2v) is 5.11. The Bertz CT molecular complexity index is 367. The number of pyridine rings is 1. The molecule has 1 aromatic heterocycles. The molecule has 2 rings (SSSR count). The number of aromatic nitrogens is 1. The lowest BCUT2D eigenvalue weighted by Gasteiger charge is -2.30. The van der Waals surface area contributed by atoms with E-state index in [0.29, 0.717) is 12.0 Å². The predicted octanol–water partition coefficient (Wildman–Crippen LogP) is 3.15. The van der Waals surface area contributed by atoms with E-state index in [4.69, 9.17) is 4.74 Å². The number of ether oxygens (including phenoxy) is 1. The first-order valence-electron chi connectivity index (χ1n) is 7.10. The molecule has 0 radical (unpaired) electrons. The van der Waals surface area contributed by atoms with E-state index in [1.54, 1.807) is 0 Å². The molecule has 1 N–H and O–H groups in total. The first-order valence-corrected chi connectivity index (χ1v) is 7.10. The van der Waals surface area contributed by atoms with Crippen LogP contribution in [0.3, 0.4) is 0 Å². The lowest BCUT2D eigenvalue weighted by atomic mass is 9.85. The Morgan fingerprint density at radius 1 is 1.33 bits per heavy atom. The Kier molecular flexibility index (Phi) is 5.00. The molecule has 1 aliphatic carbocycles. The standard InChI is InChI=1S/C15H24N2O/c1-3-12-7-4-5-9-14(12)18-15-10-6-8-13(17-15)11-16-2/h6,8,10,12,14,16H,3-5,7,9,11H2,1-2H3. The summed E-state index contributed by atoms with van der Waals surface area (Å²) >= 11 is 0. The van der Waals surface area contributed by atoms with Crippen molar-refractivity contribution in [3.8, 4) is 5.88 Å². The molecule has 2 unspecified atom stereocenters. The summed E-state index contributed by atoms with van der Waals surface area (Å²) in [5, 5.41) is 3.12. The van der Waals surface area contributed by atoms with Crippen LogP contribution in [0.2, 0.25) is 0 Å². The van der Waals surface area contributed by atoms with Crippen LogP contribution in [-0.4, -0.2) is 18.1 Å². The molecule has 0 spiro atoms. The van der Waals surface area contributed by atoms with Crippen molar-refractivity contribution >= 4 is 0 Å². The van der Waals surface area contributed by atoms with Gasteiger partial charge in [-0.05, 0) is 44.7 Å². The molecule has 1 aromatic rings. The molecule has 18 heavy (non-hydrogen) atoms. The fourth-order valence-corrected chi connectivity index (χ4v) is 2.75. The summed E-state index contributed by atoms with van der Waals surface area (Å²) in [6, 6.07) is 6.03. The van der Waals surface area contributed by atoms with E-state index < -0.39 is 0 Å². The van der Waals surface area contributed by atoms with Gasteiger partial charge in [0, 0.05) is 12.6 Å². The average molecular weight is 248 g/mol. The molecule has 0 amide bonds. The van der Waals surface area contributed by atoms with E-state index in [1.807, 2.05) is 25.2 Å². The monoisotopic (exact) mass is 248 g/mol. The molecule has 3 nitrogen and oxygen atoms in total. The van der Waals surface area contributed by atoms with Gasteiger partial charge in [-0.25, -0.2) is 4.98 Å². The van der Waals surface area contributed by atoms with Crippen LogP contribution in [0.15, 0.2) is 18.2 Å². The fourth-order valence-electron chi connectivity index (χ4n) is 2.75. The van der Waals surface area contributed by atoms with E-state index in [9.17, 15) is 0 Å². The maximum atomic E-state index is 6.11. The minimum absolute atomic E-state index is 0.362. The zero-order valence-electron chi connectivity index (χ0n) is 11.5. The third kappa shape index (κ3) is 3.45. The van der Waals surface area contributed by atoms with Crippen molar-refractivity contribution in [1.29, 1.82) is 0 Å². The van der Waals surface area contributed by atoms with Crippen molar-refractivity contribution in [3.63, 3.8) is 0 Å². The Hall–Kier alpha value is -1.09. The summed E-state index contributed by atoms with van der Waals surface area (Å²) in [5.74, 6) is 1.49. The number of hydrogen-bond donors (Lipinski definition) is 1. The minimum atomic E-state index is 0.362. The van der Waals surface area contributed by atoms with E-state index in [-0.39, 0.29) is 0 Å². The van der Waals surface area contributed by atoms with Gasteiger partial charge in [-0.15, -0.1) is 0 Å². The van der Waals surface area contributed by atoms with Crippen LogP contribution in [0.4, 0.5) is 0 Å². The highest BCUT2D eigenvalue weighted by Gasteiger charge is 2.25. The van der Waals surface area contributed by atoms with Crippen molar-refractivity contribution in [2.24, 2.45) is 5.92 Å². The third-order valence-corrected chi connectivity index (χ3v) is 3.77. The number of nitrogens with one attached hydrogen (secondary N) is 1. The lowest BCUT2D eigenvalue weighted by Crippen LogP contribution is -2.30. The summed E-state index contributed by atoms with van der Waals surface area (Å²) in [5.41, 5.74) is 1.04. The molecule has 0 aliphatic heterocycles. The van der Waals surface area contributed by atoms with Crippen LogP contribution >= 0.6 is 0 Å². The molecular weight excluding hydrogens is 224 g/mol. The minimum Gasteiger partial charge on any atom is -0.474 e. The summed E-state index contributed by atoms with van der Waals surface area (Å²) in [6.07, 6.45) is 6.69. The summed E-state index contributed by atoms with van der Waals surface area (Å²) in [4.78, 5) is 4.54. The van der Waals surface area contributed by atoms with Crippen LogP contribution in [0.1, 0.15) is 44.7 Å². The predicted molar refractivity (Wildman–Crippen MR) is 73.7 cm³/mol. The number of nitrogens with zero attached hydrogens (tertiary/aromatic N) is 1. The van der Waals surface area contributed by atoms with E-state index in [2.05, 4.69) is 17.2 Å². The Labute approximate surface area is 110 Å². The quantitative estimate of drug-likeness (QED) is 0.869. The van der Waals surface area contributed by atoms with Crippen molar-refractivity contribution < 1.29 is 4.74 Å². The van der Waals surface area contributed by atoms with Crippen LogP contribution < -0.4 is 10.1 Å². The summed E-state index contributed by atoms with van der Waals surface area (Å²) < 4.78 is 6.11. The average Bonchev–Trinajstić information content (AvgIpc) is 2.40. The van der Waals surface area contributed by atoms with Gasteiger partial charge in [0.05, 0.1) is 5.69 Å². The lowest BCUT2D eigenvalue weighted by molar-refractivity contribution is 0.0856. The van der Waals surface area contributed by atoms with Crippen molar-refractivity contribution in [2.45, 2.75) is 51.7 Å². The van der Waals surface area contributed by atoms with Crippen molar-refractivity contribution in [3.05, 3.63) is 23.9 Å². The second-order valence-electron chi connectivity index (χ2n) is 5.11. The Morgan fingerprint density at radius 3 is 2.94 bits per heavy atom. The highest BCUT2D eigenvalue weighted by atomic mass is 16.5. The number of rotatable bonds is 5. The molecular formula is C15H24N2O. The molecule has 0 bridgehead atoms. The van der Waals surface area contributed by atoms with Crippen LogP contribution in [0.25, 0.3) is 0 Å². The fraction of sp³-hybridized carbons (Fsp3) is 0.667. The molecule has 1 heterocycles. The smallest absolute Gasteiger partial charge is 0.213 e. The third-order valence-electron chi connectivity index (χ3n) is 3.77. The van der Waals surface area contributed by atoms with Crippen LogP contribution in [-0.2, 0) is 6.54 Å². The normalized spacial score (nSPS) is 23.9. The van der Waals surface area contributed by atoms with Gasteiger partial charge in [0.1, 0.15) is 6.10 Å². The highest BCUT2D eigenvalue weighted by molar-refractivity contribution is 5.16. The van der Waals surface area contributed by atoms with Crippen molar-refractivity contribution in [2.75, 3.05) is 7.05 Å². The first kappa shape index (κ1) is 13.3. The van der Waals surface area contributed by atoms with E-state index in [0.717, 1.165) is 18.1 Å². The zero-order chi connectivity index (χ0) is 12.8. The zero-order valence-corrected chi connectivity index (χ0v) is 11.5. The topological polar surface area (TPSA) is 34.1 Å². The first-order chi connectivity index (χ1) is 8.83. The maximum absolute atomic E-state index is 6.11. The molecule has 1 fully saturated rings. The Balaban J connectivity index is 2.00. The largest absolute Gasteiger partial charge is 0.474 e. The summed E-state index contributed by atoms with van der Waals surface area (Å²) in [6.45, 7) is 3.05. The molecule has 1 saturated carbocycles. The van der Waals surface area contributed by atoms with Gasteiger partial charge in [0.2, 0.25) is 5.88 Å². The second kappa shape index (κ2) is 6.74. The van der Waals surface area contributed by atoms with Gasteiger partial charge in [-0.2, -0.15) is 0 Å². The van der Waals surface area contributed by atoms with Gasteiger partial charge in [-0.3, -0.25) is 0 Å². The van der Waals surface area contributed by atoms with Gasteiger partial charge in [0.25, 0.3) is 0 Å². The van der Waals surface area contributed by atoms with Gasteiger partial charge in [0.15, 0.2) is 0 Å². The SMILES string of the molecule is CCC1CCCCC1Oc1cccc(CNC)n1. The van der Waals surface area contributed by atoms with Crippen molar-refractivity contribution in [1.82, 2.24) is 10.3 Å². The highest BCUT2D eigenvalue weighted by Crippen LogP contribution is 2.29. The summed E-state index contributed by atoms with van der Waals surface area (Å²) in [7, 11) is 1.93. The Morgan fingerprint density at radius 2 is 2.17 bits per heavy atom. The molecule has 1 aliphatic rings. The molecule has 100 valence electrons. The van der Waals surface area contributed by atoms with Gasteiger partial charge in [-0.1, -0.05) is 19.4 Å². The molecule has 0 saturated heterocycles. The van der Waals surface area contributed by atoms with Gasteiger partial charge < -0.3 is 10.1 Å². The molecule has 3 heteroatoms. The molecule has 0 aromatic carbocycles. The number of hydrogen-bond acceptors (Lipinski definition) is 3. The van der Waals surface area contributed by atoms with E-state index >= 15 is 0 Å².